The third kappa shape index (κ3) is 4.24. The van der Waals surface area contributed by atoms with Gasteiger partial charge in [-0.05, 0) is 36.5 Å². The van der Waals surface area contributed by atoms with Gasteiger partial charge in [-0.15, -0.1) is 0 Å². The van der Waals surface area contributed by atoms with Crippen LogP contribution in [0, 0.1) is 0 Å². The zero-order chi connectivity index (χ0) is 13.5. The molecular formula is C12H18ClN5S. The SMILES string of the molecule is CSCCCCCCNc1nc(Cl)nc2[nH]ncc12. The molecule has 0 amide bonds. The minimum atomic E-state index is 0.235. The average Bonchev–Trinajstić information content (AvgIpc) is 2.85. The molecule has 2 aromatic heterocycles. The van der Waals surface area contributed by atoms with Crippen molar-refractivity contribution >= 4 is 40.2 Å². The summed E-state index contributed by atoms with van der Waals surface area (Å²) in [5.74, 6) is 2.01. The van der Waals surface area contributed by atoms with Gasteiger partial charge < -0.3 is 5.32 Å². The topological polar surface area (TPSA) is 66.5 Å². The van der Waals surface area contributed by atoms with Crippen molar-refractivity contribution < 1.29 is 0 Å². The number of unbranched alkanes of at least 4 members (excludes halogenated alkanes) is 3. The molecule has 0 fully saturated rings. The van der Waals surface area contributed by atoms with Crippen molar-refractivity contribution in [3.63, 3.8) is 0 Å². The smallest absolute Gasteiger partial charge is 0.226 e. The van der Waals surface area contributed by atoms with E-state index in [1.807, 2.05) is 11.8 Å². The maximum atomic E-state index is 5.87. The molecule has 104 valence electrons. The van der Waals surface area contributed by atoms with E-state index in [9.17, 15) is 0 Å². The van der Waals surface area contributed by atoms with Gasteiger partial charge in [0.15, 0.2) is 5.65 Å². The van der Waals surface area contributed by atoms with E-state index < -0.39 is 0 Å². The summed E-state index contributed by atoms with van der Waals surface area (Å²) in [6, 6.07) is 0. The molecule has 0 unspecified atom stereocenters. The molecule has 0 bridgehead atoms. The number of hydrogen-bond donors (Lipinski definition) is 2. The fourth-order valence-electron chi connectivity index (χ4n) is 1.87. The third-order valence-corrected chi connectivity index (χ3v) is 3.72. The van der Waals surface area contributed by atoms with Crippen LogP contribution < -0.4 is 5.32 Å². The summed E-state index contributed by atoms with van der Waals surface area (Å²) in [6.45, 7) is 0.896. The monoisotopic (exact) mass is 299 g/mol. The van der Waals surface area contributed by atoms with Gasteiger partial charge in [0.1, 0.15) is 5.82 Å². The van der Waals surface area contributed by atoms with Crippen LogP contribution in [0.2, 0.25) is 5.28 Å². The fourth-order valence-corrected chi connectivity index (χ4v) is 2.54. The summed E-state index contributed by atoms with van der Waals surface area (Å²) >= 11 is 7.77. The van der Waals surface area contributed by atoms with Crippen LogP contribution in [0.1, 0.15) is 25.7 Å². The van der Waals surface area contributed by atoms with E-state index in [0.29, 0.717) is 5.65 Å². The molecule has 0 radical (unpaired) electrons. The van der Waals surface area contributed by atoms with E-state index in [2.05, 4.69) is 31.7 Å². The number of aromatic amines is 1. The molecule has 0 spiro atoms. The largest absolute Gasteiger partial charge is 0.369 e. The highest BCUT2D eigenvalue weighted by atomic mass is 35.5. The molecule has 0 aliphatic carbocycles. The van der Waals surface area contributed by atoms with Crippen LogP contribution in [0.5, 0.6) is 0 Å². The molecule has 0 atom stereocenters. The van der Waals surface area contributed by atoms with Crippen molar-refractivity contribution in [1.29, 1.82) is 0 Å². The molecule has 2 N–H and O–H groups in total. The number of rotatable bonds is 8. The first kappa shape index (κ1) is 14.4. The zero-order valence-corrected chi connectivity index (χ0v) is 12.5. The number of nitrogens with zero attached hydrogens (tertiary/aromatic N) is 3. The first-order valence-corrected chi connectivity index (χ1v) is 8.18. The van der Waals surface area contributed by atoms with E-state index in [-0.39, 0.29) is 5.28 Å². The quantitative estimate of drug-likeness (QED) is 0.578. The summed E-state index contributed by atoms with van der Waals surface area (Å²) in [5, 5.41) is 11.2. The van der Waals surface area contributed by atoms with E-state index in [1.165, 1.54) is 25.0 Å². The lowest BCUT2D eigenvalue weighted by molar-refractivity contribution is 0.688. The predicted molar refractivity (Wildman–Crippen MR) is 82.0 cm³/mol. The summed E-state index contributed by atoms with van der Waals surface area (Å²) < 4.78 is 0. The molecule has 2 heterocycles. The third-order valence-electron chi connectivity index (χ3n) is 2.85. The average molecular weight is 300 g/mol. The van der Waals surface area contributed by atoms with Gasteiger partial charge in [-0.3, -0.25) is 5.10 Å². The van der Waals surface area contributed by atoms with Crippen LogP contribution in [-0.4, -0.2) is 38.7 Å². The Kier molecular flexibility index (Phi) is 5.72. The van der Waals surface area contributed by atoms with Crippen molar-refractivity contribution in [2.45, 2.75) is 25.7 Å². The standard InChI is InChI=1S/C12H18ClN5S/c1-19-7-5-3-2-4-6-14-10-9-8-15-18-11(9)17-12(13)16-10/h8H,2-7H2,1H3,(H2,14,15,16,17,18). The lowest BCUT2D eigenvalue weighted by Crippen LogP contribution is -2.04. The minimum Gasteiger partial charge on any atom is -0.369 e. The van der Waals surface area contributed by atoms with Crippen molar-refractivity contribution in [3.8, 4) is 0 Å². The number of H-pyrrole nitrogens is 1. The highest BCUT2D eigenvalue weighted by Gasteiger charge is 2.07. The second-order valence-electron chi connectivity index (χ2n) is 4.31. The van der Waals surface area contributed by atoms with Crippen LogP contribution >= 0.6 is 23.4 Å². The second kappa shape index (κ2) is 7.55. The molecule has 7 heteroatoms. The van der Waals surface area contributed by atoms with Gasteiger partial charge >= 0.3 is 0 Å². The van der Waals surface area contributed by atoms with Crippen molar-refractivity contribution in [1.82, 2.24) is 20.2 Å². The number of nitrogens with one attached hydrogen (secondary N) is 2. The van der Waals surface area contributed by atoms with Crippen LogP contribution in [0.15, 0.2) is 6.20 Å². The lowest BCUT2D eigenvalue weighted by Gasteiger charge is -2.06. The van der Waals surface area contributed by atoms with Gasteiger partial charge in [-0.25, -0.2) is 0 Å². The predicted octanol–water partition coefficient (Wildman–Crippen LogP) is 3.34. The maximum Gasteiger partial charge on any atom is 0.226 e. The Morgan fingerprint density at radius 1 is 1.26 bits per heavy atom. The Balaban J connectivity index is 1.79. The Bertz CT molecular complexity index is 516. The fraction of sp³-hybridized carbons (Fsp3) is 0.583. The maximum absolute atomic E-state index is 5.87. The number of halogens is 1. The van der Waals surface area contributed by atoms with E-state index in [1.54, 1.807) is 6.20 Å². The summed E-state index contributed by atoms with van der Waals surface area (Å²) in [4.78, 5) is 8.27. The van der Waals surface area contributed by atoms with E-state index >= 15 is 0 Å². The highest BCUT2D eigenvalue weighted by molar-refractivity contribution is 7.98. The second-order valence-corrected chi connectivity index (χ2v) is 5.63. The van der Waals surface area contributed by atoms with Crippen molar-refractivity contribution in [2.75, 3.05) is 23.9 Å². The molecule has 5 nitrogen and oxygen atoms in total. The molecule has 19 heavy (non-hydrogen) atoms. The van der Waals surface area contributed by atoms with Gasteiger partial charge in [0.25, 0.3) is 0 Å². The zero-order valence-electron chi connectivity index (χ0n) is 10.9. The van der Waals surface area contributed by atoms with Gasteiger partial charge in [0.2, 0.25) is 5.28 Å². The molecule has 0 saturated carbocycles. The normalized spacial score (nSPS) is 11.1. The molecule has 0 aliphatic heterocycles. The molecule has 2 aromatic rings. The summed E-state index contributed by atoms with van der Waals surface area (Å²) in [6.07, 6.45) is 8.82. The Labute approximate surface area is 121 Å². The minimum absolute atomic E-state index is 0.235. The number of thioether (sulfide) groups is 1. The molecule has 0 aromatic carbocycles. The lowest BCUT2D eigenvalue weighted by atomic mass is 10.2. The van der Waals surface area contributed by atoms with Gasteiger partial charge in [0, 0.05) is 6.54 Å². The van der Waals surface area contributed by atoms with Crippen LogP contribution in [0.3, 0.4) is 0 Å². The first-order chi connectivity index (χ1) is 9.31. The van der Waals surface area contributed by atoms with Gasteiger partial charge in [-0.2, -0.15) is 26.8 Å². The molecule has 0 saturated heterocycles. The van der Waals surface area contributed by atoms with Gasteiger partial charge in [0.05, 0.1) is 11.6 Å². The van der Waals surface area contributed by atoms with Crippen molar-refractivity contribution in [2.24, 2.45) is 0 Å². The molecular weight excluding hydrogens is 282 g/mol. The van der Waals surface area contributed by atoms with Crippen molar-refractivity contribution in [3.05, 3.63) is 11.5 Å². The Morgan fingerprint density at radius 3 is 2.95 bits per heavy atom. The first-order valence-electron chi connectivity index (χ1n) is 6.40. The Hall–Kier alpha value is -1.01. The number of aromatic nitrogens is 4. The van der Waals surface area contributed by atoms with Gasteiger partial charge in [-0.1, -0.05) is 12.8 Å². The number of anilines is 1. The van der Waals surface area contributed by atoms with Crippen LogP contribution in [0.4, 0.5) is 5.82 Å². The summed E-state index contributed by atoms with van der Waals surface area (Å²) in [5.41, 5.74) is 0.669. The highest BCUT2D eigenvalue weighted by Crippen LogP contribution is 2.19. The van der Waals surface area contributed by atoms with E-state index in [4.69, 9.17) is 11.6 Å². The Morgan fingerprint density at radius 2 is 2.11 bits per heavy atom. The van der Waals surface area contributed by atoms with E-state index in [0.717, 1.165) is 24.2 Å². The summed E-state index contributed by atoms with van der Waals surface area (Å²) in [7, 11) is 0. The molecule has 0 aliphatic rings. The number of hydrogen-bond acceptors (Lipinski definition) is 5. The molecule has 2 rings (SSSR count). The van der Waals surface area contributed by atoms with Crippen LogP contribution in [0.25, 0.3) is 11.0 Å². The number of fused-ring (bicyclic) bond motifs is 1. The van der Waals surface area contributed by atoms with Crippen LogP contribution in [-0.2, 0) is 0 Å².